The van der Waals surface area contributed by atoms with E-state index in [0.717, 1.165) is 11.3 Å². The Hall–Kier alpha value is -0.670. The van der Waals surface area contributed by atoms with Crippen LogP contribution in [0.25, 0.3) is 0 Å². The van der Waals surface area contributed by atoms with Crippen molar-refractivity contribution in [2.24, 2.45) is 0 Å². The summed E-state index contributed by atoms with van der Waals surface area (Å²) in [7, 11) is 0. The van der Waals surface area contributed by atoms with Crippen molar-refractivity contribution in [2.75, 3.05) is 0 Å². The van der Waals surface area contributed by atoms with Crippen molar-refractivity contribution in [3.8, 4) is 5.75 Å². The number of ketones is 1. The molecule has 0 bridgehead atoms. The zero-order chi connectivity index (χ0) is 13.1. The van der Waals surface area contributed by atoms with Crippen LogP contribution < -0.4 is 0 Å². The number of hydrogen-bond donors (Lipinski definition) is 1. The molecule has 0 atom stereocenters. The van der Waals surface area contributed by atoms with Gasteiger partial charge in [0.15, 0.2) is 5.78 Å². The third-order valence-electron chi connectivity index (χ3n) is 3.31. The number of thioether (sulfide) groups is 1. The van der Waals surface area contributed by atoms with Gasteiger partial charge in [-0.3, -0.25) is 4.79 Å². The summed E-state index contributed by atoms with van der Waals surface area (Å²) in [6.45, 7) is 1.44. The minimum atomic E-state index is -0.151. The van der Waals surface area contributed by atoms with Crippen LogP contribution >= 0.6 is 23.4 Å². The summed E-state index contributed by atoms with van der Waals surface area (Å²) in [6, 6.07) is 3.29. The summed E-state index contributed by atoms with van der Waals surface area (Å²) in [5, 5.41) is 11.3. The molecule has 0 aromatic heterocycles. The third-order valence-corrected chi connectivity index (χ3v) is 4.95. The Labute approximate surface area is 117 Å². The van der Waals surface area contributed by atoms with Crippen molar-refractivity contribution < 1.29 is 9.90 Å². The van der Waals surface area contributed by atoms with Gasteiger partial charge >= 0.3 is 0 Å². The lowest BCUT2D eigenvalue weighted by Gasteiger charge is -2.12. The highest BCUT2D eigenvalue weighted by Gasteiger charge is 2.18. The molecule has 0 radical (unpaired) electrons. The maximum absolute atomic E-state index is 11.4. The van der Waals surface area contributed by atoms with Gasteiger partial charge in [-0.1, -0.05) is 24.4 Å². The van der Waals surface area contributed by atoms with Crippen LogP contribution in [0.1, 0.15) is 48.5 Å². The largest absolute Gasteiger partial charge is 0.507 e. The molecule has 98 valence electrons. The Balaban J connectivity index is 2.13. The first-order valence-corrected chi connectivity index (χ1v) is 7.64. The summed E-state index contributed by atoms with van der Waals surface area (Å²) < 4.78 is 0. The molecule has 0 spiro atoms. The fourth-order valence-electron chi connectivity index (χ4n) is 2.30. The lowest BCUT2D eigenvalue weighted by molar-refractivity contribution is 0.101. The average Bonchev–Trinajstić information content (AvgIpc) is 2.82. The van der Waals surface area contributed by atoms with Crippen LogP contribution in [0.15, 0.2) is 12.1 Å². The molecular formula is C14H17ClO2S. The minimum absolute atomic E-state index is 0.0948. The number of aromatic hydroxyl groups is 1. The number of Topliss-reactive ketones (excluding diaryl/α,β-unsaturated/α-hetero) is 1. The predicted octanol–water partition coefficient (Wildman–Crippen LogP) is 4.42. The van der Waals surface area contributed by atoms with Gasteiger partial charge in [-0.05, 0) is 31.9 Å². The Morgan fingerprint density at radius 2 is 2.11 bits per heavy atom. The lowest BCUT2D eigenvalue weighted by Crippen LogP contribution is -1.99. The van der Waals surface area contributed by atoms with E-state index in [1.807, 2.05) is 11.8 Å². The molecule has 1 N–H and O–H groups in total. The summed E-state index contributed by atoms with van der Waals surface area (Å²) in [5.41, 5.74) is 1.09. The third kappa shape index (κ3) is 3.21. The van der Waals surface area contributed by atoms with Gasteiger partial charge in [0.25, 0.3) is 0 Å². The highest BCUT2D eigenvalue weighted by molar-refractivity contribution is 7.99. The molecular weight excluding hydrogens is 268 g/mol. The van der Waals surface area contributed by atoms with Crippen LogP contribution in [0, 0.1) is 0 Å². The zero-order valence-electron chi connectivity index (χ0n) is 10.4. The highest BCUT2D eigenvalue weighted by atomic mass is 35.5. The molecule has 0 saturated heterocycles. The summed E-state index contributed by atoms with van der Waals surface area (Å²) in [4.78, 5) is 11.4. The molecule has 18 heavy (non-hydrogen) atoms. The molecule has 0 amide bonds. The van der Waals surface area contributed by atoms with Crippen molar-refractivity contribution in [3.63, 3.8) is 0 Å². The van der Waals surface area contributed by atoms with E-state index in [0.29, 0.717) is 15.8 Å². The van der Waals surface area contributed by atoms with Crippen LogP contribution in [-0.4, -0.2) is 16.1 Å². The van der Waals surface area contributed by atoms with E-state index >= 15 is 0 Å². The minimum Gasteiger partial charge on any atom is -0.507 e. The summed E-state index contributed by atoms with van der Waals surface area (Å²) in [5.74, 6) is 0.664. The molecule has 0 unspecified atom stereocenters. The molecule has 0 aliphatic heterocycles. The first-order valence-electron chi connectivity index (χ1n) is 6.22. The standard InChI is InChI=1S/C14H17ClO2S/c1-9(16)13-7-11(15)6-10(14(13)17)8-18-12-4-2-3-5-12/h6-7,12,17H,2-5,8H2,1H3. The van der Waals surface area contributed by atoms with E-state index < -0.39 is 0 Å². The van der Waals surface area contributed by atoms with Gasteiger partial charge in [0.05, 0.1) is 5.56 Å². The van der Waals surface area contributed by atoms with Crippen molar-refractivity contribution in [1.82, 2.24) is 0 Å². The van der Waals surface area contributed by atoms with Crippen LogP contribution in [0.3, 0.4) is 0 Å². The van der Waals surface area contributed by atoms with Crippen molar-refractivity contribution >= 4 is 29.1 Å². The molecule has 2 nitrogen and oxygen atoms in total. The van der Waals surface area contributed by atoms with Crippen LogP contribution in [0.5, 0.6) is 5.75 Å². The van der Waals surface area contributed by atoms with Gasteiger partial charge in [0.1, 0.15) is 5.75 Å². The second-order valence-corrected chi connectivity index (χ2v) is 6.46. The number of phenolic OH excluding ortho intramolecular Hbond substituents is 1. The van der Waals surface area contributed by atoms with Gasteiger partial charge < -0.3 is 5.11 Å². The summed E-state index contributed by atoms with van der Waals surface area (Å²) in [6.07, 6.45) is 5.12. The van der Waals surface area contributed by atoms with E-state index in [-0.39, 0.29) is 11.5 Å². The van der Waals surface area contributed by atoms with Gasteiger partial charge in [0, 0.05) is 21.6 Å². The summed E-state index contributed by atoms with van der Waals surface area (Å²) >= 11 is 7.84. The second-order valence-electron chi connectivity index (χ2n) is 4.73. The Morgan fingerprint density at radius 3 is 2.72 bits per heavy atom. The highest BCUT2D eigenvalue weighted by Crippen LogP contribution is 2.35. The van der Waals surface area contributed by atoms with Gasteiger partial charge in [-0.15, -0.1) is 0 Å². The topological polar surface area (TPSA) is 37.3 Å². The maximum Gasteiger partial charge on any atom is 0.163 e. The zero-order valence-corrected chi connectivity index (χ0v) is 12.0. The smallest absolute Gasteiger partial charge is 0.163 e. The molecule has 1 aromatic carbocycles. The Morgan fingerprint density at radius 1 is 1.44 bits per heavy atom. The van der Waals surface area contributed by atoms with E-state index in [9.17, 15) is 9.90 Å². The number of carbonyl (C=O) groups is 1. The van der Waals surface area contributed by atoms with Crippen molar-refractivity contribution in [2.45, 2.75) is 43.6 Å². The lowest BCUT2D eigenvalue weighted by atomic mass is 10.1. The fraction of sp³-hybridized carbons (Fsp3) is 0.500. The van der Waals surface area contributed by atoms with E-state index in [2.05, 4.69) is 0 Å². The number of rotatable bonds is 4. The molecule has 4 heteroatoms. The number of hydrogen-bond acceptors (Lipinski definition) is 3. The number of halogens is 1. The molecule has 1 saturated carbocycles. The molecule has 1 aliphatic carbocycles. The Bertz CT molecular complexity index is 453. The SMILES string of the molecule is CC(=O)c1cc(Cl)cc(CSC2CCCC2)c1O. The van der Waals surface area contributed by atoms with Crippen LogP contribution in [0.4, 0.5) is 0 Å². The first kappa shape index (κ1) is 13.8. The van der Waals surface area contributed by atoms with Gasteiger partial charge in [0.2, 0.25) is 0 Å². The fourth-order valence-corrected chi connectivity index (χ4v) is 3.84. The number of carbonyl (C=O) groups excluding carboxylic acids is 1. The van der Waals surface area contributed by atoms with E-state index in [1.54, 1.807) is 6.07 Å². The van der Waals surface area contributed by atoms with Gasteiger partial charge in [-0.25, -0.2) is 0 Å². The monoisotopic (exact) mass is 284 g/mol. The van der Waals surface area contributed by atoms with Gasteiger partial charge in [-0.2, -0.15) is 11.8 Å². The van der Waals surface area contributed by atoms with Crippen LogP contribution in [-0.2, 0) is 5.75 Å². The van der Waals surface area contributed by atoms with E-state index in [4.69, 9.17) is 11.6 Å². The molecule has 2 rings (SSSR count). The normalized spacial score (nSPS) is 16.1. The number of phenols is 1. The molecule has 1 fully saturated rings. The van der Waals surface area contributed by atoms with Crippen LogP contribution in [0.2, 0.25) is 5.02 Å². The molecule has 0 heterocycles. The number of benzene rings is 1. The predicted molar refractivity (Wildman–Crippen MR) is 76.7 cm³/mol. The van der Waals surface area contributed by atoms with E-state index in [1.165, 1.54) is 38.7 Å². The molecule has 1 aliphatic rings. The first-order chi connectivity index (χ1) is 8.58. The maximum atomic E-state index is 11.4. The average molecular weight is 285 g/mol. The molecule has 1 aromatic rings. The Kier molecular flexibility index (Phi) is 4.57. The second kappa shape index (κ2) is 5.98. The van der Waals surface area contributed by atoms with Crippen molar-refractivity contribution in [3.05, 3.63) is 28.3 Å². The van der Waals surface area contributed by atoms with Crippen molar-refractivity contribution in [1.29, 1.82) is 0 Å². The quantitative estimate of drug-likeness (QED) is 0.832.